The fraction of sp³-hybridized carbons (Fsp3) is 0.714. The van der Waals surface area contributed by atoms with Crippen molar-refractivity contribution in [3.05, 3.63) is 0 Å². The first kappa shape index (κ1) is 15.4. The van der Waals surface area contributed by atoms with E-state index in [2.05, 4.69) is 16.6 Å². The van der Waals surface area contributed by atoms with Gasteiger partial charge in [0.1, 0.15) is 5.54 Å². The largest absolute Gasteiger partial charge is 0.480 e. The van der Waals surface area contributed by atoms with Crippen molar-refractivity contribution in [2.45, 2.75) is 63.5 Å². The molecular formula is C14H22N2O3. The quantitative estimate of drug-likeness (QED) is 0.537. The Labute approximate surface area is 114 Å². The van der Waals surface area contributed by atoms with Crippen LogP contribution in [0.25, 0.3) is 0 Å². The molecule has 1 atom stereocenters. The van der Waals surface area contributed by atoms with Crippen LogP contribution in [0, 0.1) is 12.3 Å². The van der Waals surface area contributed by atoms with Crippen molar-refractivity contribution in [3.63, 3.8) is 0 Å². The summed E-state index contributed by atoms with van der Waals surface area (Å²) in [4.78, 5) is 23.4. The number of terminal acetylenes is 1. The van der Waals surface area contributed by atoms with E-state index in [0.29, 0.717) is 19.3 Å². The molecule has 3 N–H and O–H groups in total. The van der Waals surface area contributed by atoms with E-state index in [0.717, 1.165) is 25.7 Å². The molecule has 1 aliphatic rings. The lowest BCUT2D eigenvalue weighted by Gasteiger charge is -2.29. The summed E-state index contributed by atoms with van der Waals surface area (Å²) in [5, 5.41) is 14.7. The zero-order chi connectivity index (χ0) is 14.3. The number of carboxylic acids is 1. The van der Waals surface area contributed by atoms with Gasteiger partial charge in [0.2, 0.25) is 0 Å². The van der Waals surface area contributed by atoms with E-state index >= 15 is 0 Å². The van der Waals surface area contributed by atoms with E-state index in [9.17, 15) is 14.7 Å². The standard InChI is InChI=1S/C14H22N2O3/c1-3-8-11(2)15-13(19)16-14(12(17)18)9-6-4-5-7-10-14/h1,11H,4-10H2,2H3,(H,17,18)(H2,15,16,19). The van der Waals surface area contributed by atoms with Gasteiger partial charge in [0.25, 0.3) is 0 Å². The second-order valence-corrected chi connectivity index (χ2v) is 5.21. The van der Waals surface area contributed by atoms with Crippen LogP contribution in [0.3, 0.4) is 0 Å². The summed E-state index contributed by atoms with van der Waals surface area (Å²) in [7, 11) is 0. The number of hydrogen-bond acceptors (Lipinski definition) is 2. The van der Waals surface area contributed by atoms with E-state index < -0.39 is 17.5 Å². The lowest BCUT2D eigenvalue weighted by molar-refractivity contribution is -0.145. The number of carboxylic acid groups (broad SMARTS) is 1. The Morgan fingerprint density at radius 3 is 2.37 bits per heavy atom. The molecule has 0 radical (unpaired) electrons. The van der Waals surface area contributed by atoms with Crippen molar-refractivity contribution >= 4 is 12.0 Å². The van der Waals surface area contributed by atoms with Crippen LogP contribution >= 0.6 is 0 Å². The highest BCUT2D eigenvalue weighted by molar-refractivity contribution is 5.86. The average molecular weight is 266 g/mol. The number of nitrogens with one attached hydrogen (secondary N) is 2. The van der Waals surface area contributed by atoms with Gasteiger partial charge < -0.3 is 15.7 Å². The molecule has 106 valence electrons. The van der Waals surface area contributed by atoms with Crippen molar-refractivity contribution in [3.8, 4) is 12.3 Å². The summed E-state index contributed by atoms with van der Waals surface area (Å²) < 4.78 is 0. The first-order valence-corrected chi connectivity index (χ1v) is 6.76. The van der Waals surface area contributed by atoms with Crippen LogP contribution in [-0.2, 0) is 4.79 Å². The second-order valence-electron chi connectivity index (χ2n) is 5.21. The van der Waals surface area contributed by atoms with Crippen LogP contribution < -0.4 is 10.6 Å². The van der Waals surface area contributed by atoms with E-state index in [1.807, 2.05) is 0 Å². The average Bonchev–Trinajstić information content (AvgIpc) is 2.55. The highest BCUT2D eigenvalue weighted by atomic mass is 16.4. The maximum Gasteiger partial charge on any atom is 0.329 e. The smallest absolute Gasteiger partial charge is 0.329 e. The highest BCUT2D eigenvalue weighted by Crippen LogP contribution is 2.27. The second kappa shape index (κ2) is 7.03. The van der Waals surface area contributed by atoms with Crippen LogP contribution in [0.5, 0.6) is 0 Å². The molecule has 1 fully saturated rings. The molecule has 1 unspecified atom stereocenters. The third-order valence-electron chi connectivity index (χ3n) is 3.52. The number of rotatable bonds is 4. The molecule has 2 amide bonds. The van der Waals surface area contributed by atoms with Gasteiger partial charge in [-0.25, -0.2) is 9.59 Å². The molecule has 5 nitrogen and oxygen atoms in total. The first-order valence-electron chi connectivity index (χ1n) is 6.76. The normalized spacial score (nSPS) is 19.6. The number of carbonyl (C=O) groups is 2. The SMILES string of the molecule is C#CCC(C)NC(=O)NC1(C(=O)O)CCCCCC1. The van der Waals surface area contributed by atoms with Crippen LogP contribution in [0.1, 0.15) is 51.9 Å². The van der Waals surface area contributed by atoms with Gasteiger partial charge in [0, 0.05) is 12.5 Å². The third-order valence-corrected chi connectivity index (χ3v) is 3.52. The summed E-state index contributed by atoms with van der Waals surface area (Å²) >= 11 is 0. The molecule has 5 heteroatoms. The van der Waals surface area contributed by atoms with Crippen molar-refractivity contribution in [1.29, 1.82) is 0 Å². The fourth-order valence-electron chi connectivity index (χ4n) is 2.43. The lowest BCUT2D eigenvalue weighted by atomic mass is 9.90. The molecule has 1 aliphatic carbocycles. The first-order chi connectivity index (χ1) is 9.00. The number of aliphatic carboxylic acids is 1. The Morgan fingerprint density at radius 1 is 1.32 bits per heavy atom. The minimum Gasteiger partial charge on any atom is -0.480 e. The topological polar surface area (TPSA) is 78.4 Å². The summed E-state index contributed by atoms with van der Waals surface area (Å²) in [6.07, 6.45) is 10.3. The molecule has 0 aromatic carbocycles. The summed E-state index contributed by atoms with van der Waals surface area (Å²) in [6.45, 7) is 1.79. The molecule has 0 spiro atoms. The van der Waals surface area contributed by atoms with Gasteiger partial charge in [-0.05, 0) is 19.8 Å². The highest BCUT2D eigenvalue weighted by Gasteiger charge is 2.40. The molecule has 19 heavy (non-hydrogen) atoms. The molecule has 0 heterocycles. The predicted octanol–water partition coefficient (Wildman–Crippen LogP) is 1.87. The molecule has 0 saturated heterocycles. The zero-order valence-electron chi connectivity index (χ0n) is 11.4. The van der Waals surface area contributed by atoms with Gasteiger partial charge in [-0.1, -0.05) is 25.7 Å². The molecule has 0 bridgehead atoms. The van der Waals surface area contributed by atoms with Gasteiger partial charge in [-0.2, -0.15) is 0 Å². The van der Waals surface area contributed by atoms with Crippen LogP contribution in [-0.4, -0.2) is 28.7 Å². The Hall–Kier alpha value is -1.70. The molecular weight excluding hydrogens is 244 g/mol. The van der Waals surface area contributed by atoms with E-state index in [1.165, 1.54) is 0 Å². The Bertz CT molecular complexity index is 365. The minimum absolute atomic E-state index is 0.165. The van der Waals surface area contributed by atoms with Crippen molar-refractivity contribution < 1.29 is 14.7 Å². The minimum atomic E-state index is -1.13. The van der Waals surface area contributed by atoms with Crippen LogP contribution in [0.2, 0.25) is 0 Å². The summed E-state index contributed by atoms with van der Waals surface area (Å²) in [5.74, 6) is 1.51. The van der Waals surface area contributed by atoms with E-state index in [-0.39, 0.29) is 6.04 Å². The van der Waals surface area contributed by atoms with Crippen LogP contribution in [0.4, 0.5) is 4.79 Å². The maximum atomic E-state index is 11.9. The molecule has 1 rings (SSSR count). The van der Waals surface area contributed by atoms with Crippen molar-refractivity contribution in [1.82, 2.24) is 10.6 Å². The summed E-state index contributed by atoms with van der Waals surface area (Å²) in [5.41, 5.74) is -1.13. The van der Waals surface area contributed by atoms with Gasteiger partial charge in [0.15, 0.2) is 0 Å². The van der Waals surface area contributed by atoms with Gasteiger partial charge in [-0.15, -0.1) is 12.3 Å². The van der Waals surface area contributed by atoms with Gasteiger partial charge >= 0.3 is 12.0 Å². The Morgan fingerprint density at radius 2 is 1.89 bits per heavy atom. The zero-order valence-corrected chi connectivity index (χ0v) is 11.4. The van der Waals surface area contributed by atoms with Crippen LogP contribution in [0.15, 0.2) is 0 Å². The van der Waals surface area contributed by atoms with E-state index in [4.69, 9.17) is 6.42 Å². The van der Waals surface area contributed by atoms with Crippen molar-refractivity contribution in [2.75, 3.05) is 0 Å². The molecule has 1 saturated carbocycles. The Kier molecular flexibility index (Phi) is 5.68. The number of carbonyl (C=O) groups excluding carboxylic acids is 1. The number of hydrogen-bond donors (Lipinski definition) is 3. The number of urea groups is 1. The monoisotopic (exact) mass is 266 g/mol. The van der Waals surface area contributed by atoms with Gasteiger partial charge in [0.05, 0.1) is 0 Å². The predicted molar refractivity (Wildman–Crippen MR) is 72.6 cm³/mol. The maximum absolute atomic E-state index is 11.9. The molecule has 0 aliphatic heterocycles. The molecule has 0 aromatic heterocycles. The lowest BCUT2D eigenvalue weighted by Crippen LogP contribution is -2.57. The molecule has 0 aromatic rings. The van der Waals surface area contributed by atoms with Crippen molar-refractivity contribution in [2.24, 2.45) is 0 Å². The van der Waals surface area contributed by atoms with Gasteiger partial charge in [-0.3, -0.25) is 0 Å². The number of amides is 2. The third kappa shape index (κ3) is 4.47. The Balaban J connectivity index is 2.65. The fourth-order valence-corrected chi connectivity index (χ4v) is 2.43. The summed E-state index contributed by atoms with van der Waals surface area (Å²) in [6, 6.07) is -0.617. The van der Waals surface area contributed by atoms with E-state index in [1.54, 1.807) is 6.92 Å².